The summed E-state index contributed by atoms with van der Waals surface area (Å²) in [5, 5.41) is 11.2. The smallest absolute Gasteiger partial charge is 0.255 e. The third-order valence-electron chi connectivity index (χ3n) is 5.30. The molecule has 0 N–H and O–H groups in total. The fraction of sp³-hybridized carbons (Fsp3) is 0.0303. The average molecular weight is 867 g/mol. The molecule has 0 bridgehead atoms. The maximum absolute atomic E-state index is 8.49. The van der Waals surface area contributed by atoms with Crippen molar-refractivity contribution in [1.82, 2.24) is 34.9 Å². The van der Waals surface area contributed by atoms with Crippen molar-refractivity contribution >= 4 is 22.4 Å². The maximum atomic E-state index is 8.49. The standard InChI is InChI=1S/C11H7N3S.2C10H8N2.C2H3N.2ClHO4.Ru/c1-2-8-3-4-9(11-13-6-7-15-11)14-10(8)12-5-1;2*1-3-7-11-9(5-1)10-6-2-4-8-12-10;1-2-3;2*2-1(3,4)5;/h1-7H;2*1-8H;1H3;2*(H,2,3,4,5);/q;;;;;;+2/p-2. The molecule has 0 aliphatic heterocycles. The van der Waals surface area contributed by atoms with Gasteiger partial charge in [-0.1, -0.05) is 24.3 Å². The molecule has 0 saturated heterocycles. The normalized spacial score (nSPS) is 9.81. The van der Waals surface area contributed by atoms with Crippen LogP contribution in [0.3, 0.4) is 0 Å². The van der Waals surface area contributed by atoms with Crippen molar-refractivity contribution in [3.63, 3.8) is 0 Å². The first-order chi connectivity index (χ1) is 24.8. The molecule has 0 radical (unpaired) electrons. The number of halogens is 2. The maximum Gasteiger partial charge on any atom is 2.00 e. The van der Waals surface area contributed by atoms with Gasteiger partial charge in [-0.3, -0.25) is 19.9 Å². The summed E-state index contributed by atoms with van der Waals surface area (Å²) in [6, 6.07) is 32.8. The van der Waals surface area contributed by atoms with Crippen LogP contribution < -0.4 is 37.3 Å². The van der Waals surface area contributed by atoms with Gasteiger partial charge < -0.3 is 0 Å². The van der Waals surface area contributed by atoms with Crippen molar-refractivity contribution in [3.05, 3.63) is 140 Å². The molecule has 7 aromatic heterocycles. The molecule has 20 heteroatoms. The molecule has 0 spiro atoms. The van der Waals surface area contributed by atoms with Crippen molar-refractivity contribution in [2.24, 2.45) is 0 Å². The van der Waals surface area contributed by atoms with E-state index >= 15 is 0 Å². The molecule has 7 aromatic rings. The molecule has 0 unspecified atom stereocenters. The Balaban J connectivity index is 0.000000341. The minimum absolute atomic E-state index is 0. The molecule has 0 amide bonds. The van der Waals surface area contributed by atoms with Gasteiger partial charge in [0.05, 0.1) is 28.8 Å². The van der Waals surface area contributed by atoms with Gasteiger partial charge in [0.1, 0.15) is 10.7 Å². The van der Waals surface area contributed by atoms with E-state index < -0.39 is 20.5 Å². The molecule has 53 heavy (non-hydrogen) atoms. The summed E-state index contributed by atoms with van der Waals surface area (Å²) in [5.41, 5.74) is 5.31. The van der Waals surface area contributed by atoms with Crippen LogP contribution in [-0.4, -0.2) is 34.9 Å². The first-order valence-corrected chi connectivity index (χ1v) is 17.4. The summed E-state index contributed by atoms with van der Waals surface area (Å²) in [6.07, 6.45) is 10.6. The summed E-state index contributed by atoms with van der Waals surface area (Å²) in [6.45, 7) is 1.43. The Bertz CT molecular complexity index is 1840. The average Bonchev–Trinajstić information content (AvgIpc) is 3.68. The Hall–Kier alpha value is -4.84. The van der Waals surface area contributed by atoms with E-state index in [-0.39, 0.29) is 19.5 Å². The van der Waals surface area contributed by atoms with Crippen LogP contribution in [0.5, 0.6) is 0 Å². The van der Waals surface area contributed by atoms with Crippen LogP contribution in [0.25, 0.3) is 44.5 Å². The topological polar surface area (TPSA) is 298 Å². The number of fused-ring (bicyclic) bond motifs is 1. The first kappa shape index (κ1) is 46.2. The van der Waals surface area contributed by atoms with E-state index in [1.54, 1.807) is 54.6 Å². The van der Waals surface area contributed by atoms with E-state index in [1.807, 2.05) is 102 Å². The Labute approximate surface area is 324 Å². The molecule has 274 valence electrons. The molecule has 0 saturated carbocycles. The van der Waals surface area contributed by atoms with Crippen molar-refractivity contribution in [3.8, 4) is 39.5 Å². The minimum Gasteiger partial charge on any atom is -0.255 e. The number of pyridine rings is 6. The van der Waals surface area contributed by atoms with Gasteiger partial charge in [-0.2, -0.15) is 5.26 Å². The number of thiazole rings is 1. The summed E-state index contributed by atoms with van der Waals surface area (Å²) < 4.78 is 67.9. The summed E-state index contributed by atoms with van der Waals surface area (Å²) in [4.78, 5) is 29.6. The van der Waals surface area contributed by atoms with Gasteiger partial charge in [-0.05, 0) is 72.8 Å². The van der Waals surface area contributed by atoms with Crippen LogP contribution in [0, 0.1) is 31.8 Å². The molecule has 0 aliphatic carbocycles. The molecule has 0 aromatic carbocycles. The van der Waals surface area contributed by atoms with E-state index in [4.69, 9.17) is 42.5 Å². The molecule has 16 nitrogen and oxygen atoms in total. The van der Waals surface area contributed by atoms with Crippen LogP contribution in [0.15, 0.2) is 140 Å². The van der Waals surface area contributed by atoms with Crippen LogP contribution in [0.4, 0.5) is 0 Å². The van der Waals surface area contributed by atoms with Crippen molar-refractivity contribution in [2.75, 3.05) is 0 Å². The summed E-state index contributed by atoms with van der Waals surface area (Å²) in [7, 11) is -9.89. The van der Waals surface area contributed by atoms with E-state index in [2.05, 4.69) is 34.9 Å². The van der Waals surface area contributed by atoms with E-state index in [1.165, 1.54) is 6.92 Å². The Morgan fingerprint density at radius 1 is 0.491 bits per heavy atom. The SMILES string of the molecule is CC#N.[O-][Cl+3]([O-])([O-])[O-].[O-][Cl+3]([O-])([O-])[O-].[Ru+2].c1ccc(-c2ccccn2)nc1.c1ccc(-c2ccccn2)nc1.c1cnc2nc(-c3nccs3)ccc2c1. The second-order valence-corrected chi connectivity index (χ2v) is 11.3. The second-order valence-electron chi connectivity index (χ2n) is 8.92. The number of nitriles is 1. The number of aromatic nitrogens is 7. The van der Waals surface area contributed by atoms with Crippen LogP contribution in [-0.2, 0) is 19.5 Å². The minimum atomic E-state index is -4.94. The Morgan fingerprint density at radius 2 is 0.868 bits per heavy atom. The molecule has 0 atom stereocenters. The largest absolute Gasteiger partial charge is 2.00 e. The van der Waals surface area contributed by atoms with Gasteiger partial charge in [0.25, 0.3) is 0 Å². The summed E-state index contributed by atoms with van der Waals surface area (Å²) >= 11 is 1.58. The third kappa shape index (κ3) is 22.0. The molecule has 7 heterocycles. The fourth-order valence-corrected chi connectivity index (χ4v) is 4.09. The zero-order valence-corrected chi connectivity index (χ0v) is 31.2. The number of hydrogen-bond donors (Lipinski definition) is 0. The van der Waals surface area contributed by atoms with Gasteiger partial charge >= 0.3 is 19.5 Å². The molecular weight excluding hydrogens is 840 g/mol. The molecule has 7 rings (SSSR count). The number of rotatable bonds is 3. The van der Waals surface area contributed by atoms with Crippen LogP contribution >= 0.6 is 11.3 Å². The second kappa shape index (κ2) is 25.2. The summed E-state index contributed by atoms with van der Waals surface area (Å²) in [5.74, 6) is 0. The Morgan fingerprint density at radius 3 is 1.19 bits per heavy atom. The van der Waals surface area contributed by atoms with E-state index in [0.717, 1.165) is 44.5 Å². The molecular formula is C33H26Cl2N8O8RuS. The van der Waals surface area contributed by atoms with Gasteiger partial charge in [0.15, 0.2) is 5.65 Å². The monoisotopic (exact) mass is 866 g/mol. The number of nitrogens with zero attached hydrogens (tertiary/aromatic N) is 8. The number of hydrogen-bond acceptors (Lipinski definition) is 17. The van der Waals surface area contributed by atoms with Crippen LogP contribution in [0.2, 0.25) is 0 Å². The zero-order chi connectivity index (χ0) is 38.2. The zero-order valence-electron chi connectivity index (χ0n) is 27.1. The Kier molecular flexibility index (Phi) is 22.0. The predicted molar refractivity (Wildman–Crippen MR) is 167 cm³/mol. The quantitative estimate of drug-likeness (QED) is 0.174. The third-order valence-corrected chi connectivity index (χ3v) is 6.10. The van der Waals surface area contributed by atoms with Gasteiger partial charge in [-0.25, -0.2) is 52.2 Å². The van der Waals surface area contributed by atoms with Crippen molar-refractivity contribution in [2.45, 2.75) is 6.92 Å². The molecule has 0 fully saturated rings. The molecule has 0 aliphatic rings. The van der Waals surface area contributed by atoms with Crippen molar-refractivity contribution < 1.29 is 77.2 Å². The van der Waals surface area contributed by atoms with Crippen molar-refractivity contribution in [1.29, 1.82) is 5.26 Å². The van der Waals surface area contributed by atoms with E-state index in [9.17, 15) is 0 Å². The van der Waals surface area contributed by atoms with Crippen LogP contribution in [0.1, 0.15) is 6.92 Å². The fourth-order valence-electron chi connectivity index (χ4n) is 3.48. The van der Waals surface area contributed by atoms with E-state index in [0.29, 0.717) is 0 Å². The van der Waals surface area contributed by atoms with Gasteiger partial charge in [0, 0.05) is 54.9 Å². The van der Waals surface area contributed by atoms with Gasteiger partial charge in [-0.15, -0.1) is 31.8 Å². The van der Waals surface area contributed by atoms with Gasteiger partial charge in [0.2, 0.25) is 0 Å². The predicted octanol–water partition coefficient (Wildman–Crippen LogP) is -1.94. The first-order valence-electron chi connectivity index (χ1n) is 14.1.